The number of rotatable bonds is 4. The van der Waals surface area contributed by atoms with E-state index in [0.29, 0.717) is 5.56 Å². The van der Waals surface area contributed by atoms with Crippen molar-refractivity contribution in [1.29, 1.82) is 0 Å². The van der Waals surface area contributed by atoms with Gasteiger partial charge in [-0.25, -0.2) is 4.39 Å². The van der Waals surface area contributed by atoms with Crippen LogP contribution in [0.2, 0.25) is 0 Å². The summed E-state index contributed by atoms with van der Waals surface area (Å²) in [4.78, 5) is 12.1. The van der Waals surface area contributed by atoms with Crippen LogP contribution in [-0.4, -0.2) is 5.78 Å². The molecule has 1 unspecified atom stereocenters. The van der Waals surface area contributed by atoms with E-state index in [1.165, 1.54) is 12.1 Å². The second-order valence-electron chi connectivity index (χ2n) is 4.60. The Bertz CT molecular complexity index is 581. The number of hydrogen-bond donors (Lipinski definition) is 1. The molecule has 2 aromatic carbocycles. The Morgan fingerprint density at radius 2 is 1.89 bits per heavy atom. The summed E-state index contributed by atoms with van der Waals surface area (Å²) in [5.41, 5.74) is 8.30. The minimum atomic E-state index is -0.663. The minimum absolute atomic E-state index is 0.111. The molecule has 0 heterocycles. The van der Waals surface area contributed by atoms with Crippen LogP contribution < -0.4 is 5.73 Å². The Kier molecular flexibility index (Phi) is 4.07. The van der Waals surface area contributed by atoms with Crippen molar-refractivity contribution in [3.63, 3.8) is 0 Å². The summed E-state index contributed by atoms with van der Waals surface area (Å²) in [5, 5.41) is 0. The Morgan fingerprint density at radius 1 is 1.21 bits per heavy atom. The third kappa shape index (κ3) is 3.26. The van der Waals surface area contributed by atoms with Crippen molar-refractivity contribution in [1.82, 2.24) is 0 Å². The van der Waals surface area contributed by atoms with Gasteiger partial charge in [0.15, 0.2) is 5.78 Å². The molecule has 0 fully saturated rings. The standard InChI is InChI=1S/C16H16FNO/c1-11-7-8-14(17)9-13(11)10-15(19)16(18)12-5-3-2-4-6-12/h2-9,16H,10,18H2,1H3. The lowest BCUT2D eigenvalue weighted by Gasteiger charge is -2.12. The van der Waals surface area contributed by atoms with Crippen LogP contribution in [0.1, 0.15) is 22.7 Å². The van der Waals surface area contributed by atoms with Crippen molar-refractivity contribution in [2.75, 3.05) is 0 Å². The molecule has 1 atom stereocenters. The van der Waals surface area contributed by atoms with E-state index in [4.69, 9.17) is 5.73 Å². The van der Waals surface area contributed by atoms with E-state index in [-0.39, 0.29) is 18.0 Å². The molecule has 98 valence electrons. The van der Waals surface area contributed by atoms with Gasteiger partial charge in [-0.2, -0.15) is 0 Å². The average Bonchev–Trinajstić information content (AvgIpc) is 2.43. The first-order chi connectivity index (χ1) is 9.08. The van der Waals surface area contributed by atoms with E-state index in [9.17, 15) is 9.18 Å². The highest BCUT2D eigenvalue weighted by atomic mass is 19.1. The molecular formula is C16H16FNO. The van der Waals surface area contributed by atoms with Crippen molar-refractivity contribution in [3.05, 3.63) is 71.0 Å². The molecule has 0 spiro atoms. The second-order valence-corrected chi connectivity index (χ2v) is 4.60. The van der Waals surface area contributed by atoms with Crippen LogP contribution in [0.4, 0.5) is 4.39 Å². The molecule has 0 saturated carbocycles. The average molecular weight is 257 g/mol. The number of nitrogens with two attached hydrogens (primary N) is 1. The van der Waals surface area contributed by atoms with Crippen LogP contribution in [0.25, 0.3) is 0 Å². The predicted octanol–water partition coefficient (Wildman–Crippen LogP) is 2.95. The molecule has 2 nitrogen and oxygen atoms in total. The normalized spacial score (nSPS) is 12.2. The maximum atomic E-state index is 13.2. The largest absolute Gasteiger partial charge is 0.318 e. The molecular weight excluding hydrogens is 241 g/mol. The molecule has 0 aliphatic carbocycles. The Morgan fingerprint density at radius 3 is 2.58 bits per heavy atom. The zero-order valence-electron chi connectivity index (χ0n) is 10.8. The smallest absolute Gasteiger partial charge is 0.158 e. The minimum Gasteiger partial charge on any atom is -0.318 e. The van der Waals surface area contributed by atoms with Gasteiger partial charge >= 0.3 is 0 Å². The van der Waals surface area contributed by atoms with Gasteiger partial charge in [-0.1, -0.05) is 36.4 Å². The lowest BCUT2D eigenvalue weighted by Crippen LogP contribution is -2.23. The SMILES string of the molecule is Cc1ccc(F)cc1CC(=O)C(N)c1ccccc1. The Hall–Kier alpha value is -2.00. The first-order valence-electron chi connectivity index (χ1n) is 6.16. The maximum absolute atomic E-state index is 13.2. The Labute approximate surface area is 112 Å². The summed E-state index contributed by atoms with van der Waals surface area (Å²) in [6.45, 7) is 1.86. The van der Waals surface area contributed by atoms with E-state index < -0.39 is 6.04 Å². The van der Waals surface area contributed by atoms with Crippen molar-refractivity contribution in [3.8, 4) is 0 Å². The number of carbonyl (C=O) groups excluding carboxylic acids is 1. The van der Waals surface area contributed by atoms with Crippen molar-refractivity contribution in [2.24, 2.45) is 5.73 Å². The summed E-state index contributed by atoms with van der Waals surface area (Å²) in [5.74, 6) is -0.443. The first-order valence-corrected chi connectivity index (χ1v) is 6.16. The van der Waals surface area contributed by atoms with E-state index in [1.54, 1.807) is 6.07 Å². The molecule has 19 heavy (non-hydrogen) atoms. The fourth-order valence-corrected chi connectivity index (χ4v) is 1.97. The molecule has 2 aromatic rings. The van der Waals surface area contributed by atoms with Gasteiger partial charge in [0, 0.05) is 6.42 Å². The highest BCUT2D eigenvalue weighted by Crippen LogP contribution is 2.16. The summed E-state index contributed by atoms with van der Waals surface area (Å²) >= 11 is 0. The van der Waals surface area contributed by atoms with Crippen molar-refractivity contribution < 1.29 is 9.18 Å². The Balaban J connectivity index is 2.15. The van der Waals surface area contributed by atoms with Crippen LogP contribution in [0.5, 0.6) is 0 Å². The number of halogens is 1. The molecule has 0 saturated heterocycles. The number of Topliss-reactive ketones (excluding diaryl/α,β-unsaturated/α-hetero) is 1. The van der Waals surface area contributed by atoms with Gasteiger partial charge in [-0.15, -0.1) is 0 Å². The zero-order chi connectivity index (χ0) is 13.8. The first kappa shape index (κ1) is 13.4. The fourth-order valence-electron chi connectivity index (χ4n) is 1.97. The maximum Gasteiger partial charge on any atom is 0.158 e. The summed E-state index contributed by atoms with van der Waals surface area (Å²) in [7, 11) is 0. The van der Waals surface area contributed by atoms with Crippen LogP contribution in [0, 0.1) is 12.7 Å². The highest BCUT2D eigenvalue weighted by molar-refractivity contribution is 5.87. The van der Waals surface area contributed by atoms with Gasteiger partial charge in [-0.05, 0) is 35.7 Å². The fraction of sp³-hybridized carbons (Fsp3) is 0.188. The quantitative estimate of drug-likeness (QED) is 0.915. The van der Waals surface area contributed by atoms with E-state index >= 15 is 0 Å². The summed E-state index contributed by atoms with van der Waals surface area (Å²) in [6.07, 6.45) is 0.152. The van der Waals surface area contributed by atoms with Gasteiger partial charge in [0.1, 0.15) is 5.82 Å². The number of carbonyl (C=O) groups is 1. The summed E-state index contributed by atoms with van der Waals surface area (Å²) in [6, 6.07) is 13.0. The number of benzene rings is 2. The van der Waals surface area contributed by atoms with Gasteiger partial charge in [0.2, 0.25) is 0 Å². The number of aryl methyl sites for hydroxylation is 1. The number of hydrogen-bond acceptors (Lipinski definition) is 2. The van der Waals surface area contributed by atoms with Crippen LogP contribution in [0.15, 0.2) is 48.5 Å². The highest BCUT2D eigenvalue weighted by Gasteiger charge is 2.16. The lowest BCUT2D eigenvalue weighted by molar-refractivity contribution is -0.119. The molecule has 0 bridgehead atoms. The number of ketones is 1. The molecule has 0 radical (unpaired) electrons. The molecule has 2 N–H and O–H groups in total. The third-order valence-electron chi connectivity index (χ3n) is 3.18. The predicted molar refractivity (Wildman–Crippen MR) is 73.2 cm³/mol. The molecule has 0 aliphatic heterocycles. The van der Waals surface area contributed by atoms with Crippen LogP contribution >= 0.6 is 0 Å². The third-order valence-corrected chi connectivity index (χ3v) is 3.18. The van der Waals surface area contributed by atoms with E-state index in [1.807, 2.05) is 37.3 Å². The summed E-state index contributed by atoms with van der Waals surface area (Å²) < 4.78 is 13.2. The molecule has 3 heteroatoms. The van der Waals surface area contributed by atoms with Gasteiger partial charge in [-0.3, -0.25) is 4.79 Å². The second kappa shape index (κ2) is 5.76. The van der Waals surface area contributed by atoms with Crippen LogP contribution in [0.3, 0.4) is 0 Å². The van der Waals surface area contributed by atoms with Crippen molar-refractivity contribution in [2.45, 2.75) is 19.4 Å². The van der Waals surface area contributed by atoms with E-state index in [0.717, 1.165) is 11.1 Å². The molecule has 0 amide bonds. The van der Waals surface area contributed by atoms with Crippen LogP contribution in [-0.2, 0) is 11.2 Å². The van der Waals surface area contributed by atoms with Crippen molar-refractivity contribution >= 4 is 5.78 Å². The topological polar surface area (TPSA) is 43.1 Å². The lowest BCUT2D eigenvalue weighted by atomic mass is 9.96. The van der Waals surface area contributed by atoms with Gasteiger partial charge in [0.25, 0.3) is 0 Å². The monoisotopic (exact) mass is 257 g/mol. The molecule has 2 rings (SSSR count). The molecule has 0 aromatic heterocycles. The van der Waals surface area contributed by atoms with Gasteiger partial charge in [0.05, 0.1) is 6.04 Å². The van der Waals surface area contributed by atoms with E-state index in [2.05, 4.69) is 0 Å². The zero-order valence-corrected chi connectivity index (χ0v) is 10.8. The molecule has 0 aliphatic rings. The van der Waals surface area contributed by atoms with Gasteiger partial charge < -0.3 is 5.73 Å².